The molecule has 1 aromatic rings. The zero-order valence-electron chi connectivity index (χ0n) is 9.24. The van der Waals surface area contributed by atoms with E-state index in [0.717, 1.165) is 0 Å². The van der Waals surface area contributed by atoms with Crippen LogP contribution in [-0.4, -0.2) is 22.4 Å². The molecule has 1 unspecified atom stereocenters. The molecule has 0 spiro atoms. The van der Waals surface area contributed by atoms with E-state index in [-0.39, 0.29) is 0 Å². The van der Waals surface area contributed by atoms with Gasteiger partial charge >= 0.3 is 20.3 Å². The van der Waals surface area contributed by atoms with Crippen LogP contribution in [0.5, 0.6) is 0 Å². The number of rotatable bonds is 5. The number of alkyl halides is 3. The fraction of sp³-hybridized carbons (Fsp3) is 0.250. The molecule has 0 amide bonds. The van der Waals surface area contributed by atoms with Crippen molar-refractivity contribution in [3.63, 3.8) is 0 Å². The Morgan fingerprint density at radius 3 is 2.11 bits per heavy atom. The first-order valence-corrected chi connectivity index (χ1v) is 8.68. The number of anilines is 1. The first kappa shape index (κ1) is 16.2. The Kier molecular flexibility index (Phi) is 4.81. The van der Waals surface area contributed by atoms with E-state index in [9.17, 15) is 22.3 Å². The molecular formula is C8H10F3NO5P2. The van der Waals surface area contributed by atoms with Crippen molar-refractivity contribution in [3.05, 3.63) is 30.3 Å². The summed E-state index contributed by atoms with van der Waals surface area (Å²) in [6.07, 6.45) is 0. The van der Waals surface area contributed by atoms with Gasteiger partial charge in [0.05, 0.1) is 0 Å². The number of halogens is 3. The van der Waals surface area contributed by atoms with Gasteiger partial charge in [-0.05, 0) is 12.1 Å². The van der Waals surface area contributed by atoms with Crippen LogP contribution in [0.1, 0.15) is 0 Å². The van der Waals surface area contributed by atoms with Crippen LogP contribution in [0.4, 0.5) is 18.9 Å². The van der Waals surface area contributed by atoms with Crippen molar-refractivity contribution >= 4 is 20.0 Å². The lowest BCUT2D eigenvalue weighted by Gasteiger charge is -2.21. The molecule has 0 aliphatic heterocycles. The zero-order chi connectivity index (χ0) is 14.7. The van der Waals surface area contributed by atoms with Gasteiger partial charge < -0.3 is 15.1 Å². The standard InChI is InChI=1S/C8H10F3NO5P2/c9-8(10,11)18(13,19(14,15)16)17-6-12-7-4-2-1-3-5-7/h1-5,12H,6H2,(H2,14,15,16). The second-order valence-electron chi connectivity index (χ2n) is 3.32. The minimum atomic E-state index is -6.12. The molecule has 6 nitrogen and oxygen atoms in total. The zero-order valence-corrected chi connectivity index (χ0v) is 11.0. The van der Waals surface area contributed by atoms with E-state index in [1.807, 2.05) is 0 Å². The number of benzene rings is 1. The Morgan fingerprint density at radius 2 is 1.68 bits per heavy atom. The second kappa shape index (κ2) is 5.64. The minimum absolute atomic E-state index is 0.349. The fourth-order valence-corrected chi connectivity index (χ4v) is 3.40. The average molecular weight is 319 g/mol. The summed E-state index contributed by atoms with van der Waals surface area (Å²) in [6, 6.07) is 7.78. The van der Waals surface area contributed by atoms with Gasteiger partial charge in [-0.25, -0.2) is 4.57 Å². The molecule has 0 saturated heterocycles. The number of hydrogen-bond acceptors (Lipinski definition) is 4. The lowest BCUT2D eigenvalue weighted by atomic mass is 10.3. The molecule has 108 valence electrons. The Hall–Kier alpha value is -0.850. The molecule has 1 aromatic carbocycles. The molecule has 19 heavy (non-hydrogen) atoms. The van der Waals surface area contributed by atoms with Gasteiger partial charge in [-0.2, -0.15) is 13.2 Å². The molecule has 0 heterocycles. The minimum Gasteiger partial charge on any atom is -0.362 e. The molecule has 1 atom stereocenters. The van der Waals surface area contributed by atoms with Crippen LogP contribution >= 0.6 is 14.3 Å². The normalized spacial score (nSPS) is 15.8. The predicted octanol–water partition coefficient (Wildman–Crippen LogP) is 2.96. The number of hydrogen-bond donors (Lipinski definition) is 3. The van der Waals surface area contributed by atoms with Crippen molar-refractivity contribution in [1.82, 2.24) is 0 Å². The van der Waals surface area contributed by atoms with Crippen LogP contribution in [-0.2, 0) is 13.7 Å². The molecule has 3 N–H and O–H groups in total. The van der Waals surface area contributed by atoms with Crippen LogP contribution in [0.15, 0.2) is 30.3 Å². The summed E-state index contributed by atoms with van der Waals surface area (Å²) in [5, 5.41) is 2.31. The van der Waals surface area contributed by atoms with Crippen molar-refractivity contribution in [3.8, 4) is 0 Å². The van der Waals surface area contributed by atoms with E-state index < -0.39 is 27.0 Å². The van der Waals surface area contributed by atoms with E-state index in [1.165, 1.54) is 12.1 Å². The van der Waals surface area contributed by atoms with E-state index in [0.29, 0.717) is 5.69 Å². The van der Waals surface area contributed by atoms with Crippen LogP contribution in [0, 0.1) is 0 Å². The Morgan fingerprint density at radius 1 is 1.16 bits per heavy atom. The number of para-hydroxylation sites is 1. The van der Waals surface area contributed by atoms with E-state index in [4.69, 9.17) is 9.79 Å². The first-order chi connectivity index (χ1) is 8.58. The van der Waals surface area contributed by atoms with Gasteiger partial charge in [0.15, 0.2) is 0 Å². The largest absolute Gasteiger partial charge is 0.477 e. The van der Waals surface area contributed by atoms with Crippen LogP contribution in [0.25, 0.3) is 0 Å². The third-order valence-electron chi connectivity index (χ3n) is 1.95. The Labute approximate surface area is 106 Å². The summed E-state index contributed by atoms with van der Waals surface area (Å²) in [5.74, 6) is -5.63. The molecule has 11 heteroatoms. The average Bonchev–Trinajstić information content (AvgIpc) is 2.27. The molecule has 0 bridgehead atoms. The third-order valence-corrected chi connectivity index (χ3v) is 6.84. The topological polar surface area (TPSA) is 95.9 Å². The highest BCUT2D eigenvalue weighted by molar-refractivity contribution is 8.29. The maximum absolute atomic E-state index is 12.4. The maximum Gasteiger partial charge on any atom is 0.477 e. The van der Waals surface area contributed by atoms with Crippen molar-refractivity contribution in [2.75, 3.05) is 12.0 Å². The lowest BCUT2D eigenvalue weighted by molar-refractivity contribution is -0.0557. The van der Waals surface area contributed by atoms with E-state index in [1.54, 1.807) is 18.2 Å². The summed E-state index contributed by atoms with van der Waals surface area (Å²) in [7, 11) is -12.1. The lowest BCUT2D eigenvalue weighted by Crippen LogP contribution is -2.15. The molecule has 0 saturated carbocycles. The second-order valence-corrected chi connectivity index (χ2v) is 9.29. The number of nitrogens with one attached hydrogen (secondary N) is 1. The molecule has 0 aliphatic rings. The maximum atomic E-state index is 12.4. The SMILES string of the molecule is O=P(O)(O)P(=O)(OCNc1ccccc1)C(F)(F)F. The summed E-state index contributed by atoms with van der Waals surface area (Å²) in [4.78, 5) is 17.1. The molecular weight excluding hydrogens is 309 g/mol. The molecule has 0 fully saturated rings. The van der Waals surface area contributed by atoms with Gasteiger partial charge in [0.1, 0.15) is 6.73 Å². The molecule has 0 aliphatic carbocycles. The molecule has 1 rings (SSSR count). The van der Waals surface area contributed by atoms with Gasteiger partial charge in [-0.1, -0.05) is 18.2 Å². The summed E-state index contributed by atoms with van der Waals surface area (Å²) in [5.41, 5.74) is 0.349. The van der Waals surface area contributed by atoms with Crippen molar-refractivity contribution in [2.45, 2.75) is 5.92 Å². The fourth-order valence-electron chi connectivity index (χ4n) is 1.06. The third kappa shape index (κ3) is 3.81. The molecule has 0 aromatic heterocycles. The monoisotopic (exact) mass is 319 g/mol. The summed E-state index contributed by atoms with van der Waals surface area (Å²) in [6.45, 7) is -0.952. The van der Waals surface area contributed by atoms with Gasteiger partial charge in [-0.3, -0.25) is 9.09 Å². The van der Waals surface area contributed by atoms with Crippen molar-refractivity contribution < 1.29 is 36.6 Å². The van der Waals surface area contributed by atoms with Crippen LogP contribution < -0.4 is 5.32 Å². The Balaban J connectivity index is 2.77. The smallest absolute Gasteiger partial charge is 0.362 e. The van der Waals surface area contributed by atoms with Crippen molar-refractivity contribution in [2.24, 2.45) is 0 Å². The van der Waals surface area contributed by atoms with Gasteiger partial charge in [0, 0.05) is 5.69 Å². The highest BCUT2D eigenvalue weighted by atomic mass is 32.1. The van der Waals surface area contributed by atoms with Gasteiger partial charge in [-0.15, -0.1) is 0 Å². The van der Waals surface area contributed by atoms with Crippen molar-refractivity contribution in [1.29, 1.82) is 0 Å². The summed E-state index contributed by atoms with van der Waals surface area (Å²) < 4.78 is 63.2. The van der Waals surface area contributed by atoms with Crippen LogP contribution in [0.3, 0.4) is 0 Å². The summed E-state index contributed by atoms with van der Waals surface area (Å²) >= 11 is 0. The van der Waals surface area contributed by atoms with E-state index >= 15 is 0 Å². The first-order valence-electron chi connectivity index (χ1n) is 4.74. The van der Waals surface area contributed by atoms with E-state index in [2.05, 4.69) is 9.84 Å². The highest BCUT2D eigenvalue weighted by Crippen LogP contribution is 2.84. The highest BCUT2D eigenvalue weighted by Gasteiger charge is 2.64. The van der Waals surface area contributed by atoms with Crippen LogP contribution in [0.2, 0.25) is 0 Å². The van der Waals surface area contributed by atoms with Gasteiger partial charge in [0.25, 0.3) is 0 Å². The molecule has 0 radical (unpaired) electrons. The van der Waals surface area contributed by atoms with Gasteiger partial charge in [0.2, 0.25) is 0 Å². The quantitative estimate of drug-likeness (QED) is 0.570. The Bertz CT molecular complexity index is 515. The predicted molar refractivity (Wildman–Crippen MR) is 61.7 cm³/mol.